The Labute approximate surface area is 100 Å². The molecule has 0 bridgehead atoms. The minimum absolute atomic E-state index is 0.0646. The second-order valence-corrected chi connectivity index (χ2v) is 3.88. The summed E-state index contributed by atoms with van der Waals surface area (Å²) < 4.78 is 4.99. The fourth-order valence-corrected chi connectivity index (χ4v) is 1.51. The average Bonchev–Trinajstić information content (AvgIpc) is 2.29. The Morgan fingerprint density at radius 2 is 2.06 bits per heavy atom. The second-order valence-electron chi connectivity index (χ2n) is 3.88. The van der Waals surface area contributed by atoms with Crippen LogP contribution in [0.25, 0.3) is 0 Å². The van der Waals surface area contributed by atoms with Gasteiger partial charge in [-0.1, -0.05) is 6.07 Å². The molecule has 1 unspecified atom stereocenters. The van der Waals surface area contributed by atoms with Crippen LogP contribution in [0.1, 0.15) is 25.5 Å². The molecule has 0 heterocycles. The fourth-order valence-electron chi connectivity index (χ4n) is 1.51. The quantitative estimate of drug-likeness (QED) is 0.726. The van der Waals surface area contributed by atoms with Crippen molar-refractivity contribution in [2.45, 2.75) is 25.9 Å². The van der Waals surface area contributed by atoms with Crippen LogP contribution in [0, 0.1) is 0 Å². The first-order chi connectivity index (χ1) is 7.95. The number of hydrogen-bond acceptors (Lipinski definition) is 4. The van der Waals surface area contributed by atoms with E-state index >= 15 is 0 Å². The molecule has 0 radical (unpaired) electrons. The van der Waals surface area contributed by atoms with Crippen LogP contribution in [-0.4, -0.2) is 29.3 Å². The summed E-state index contributed by atoms with van der Waals surface area (Å²) in [5, 5.41) is 21.2. The molecule has 0 spiro atoms. The Bertz CT molecular complexity index is 405. The molecular weight excluding hydrogens is 222 g/mol. The number of phenols is 1. The number of aliphatic carboxylic acids is 1. The lowest BCUT2D eigenvalue weighted by Gasteiger charge is -2.18. The molecule has 94 valence electrons. The van der Waals surface area contributed by atoms with Gasteiger partial charge in [-0.2, -0.15) is 0 Å². The molecule has 0 saturated carbocycles. The lowest BCUT2D eigenvalue weighted by molar-refractivity contribution is -0.139. The highest BCUT2D eigenvalue weighted by Gasteiger charge is 2.15. The third-order valence-corrected chi connectivity index (χ3v) is 2.57. The average molecular weight is 239 g/mol. The third kappa shape index (κ3) is 3.35. The van der Waals surface area contributed by atoms with E-state index in [1.165, 1.54) is 13.2 Å². The molecule has 0 aliphatic rings. The van der Waals surface area contributed by atoms with Gasteiger partial charge >= 0.3 is 5.97 Å². The van der Waals surface area contributed by atoms with E-state index in [-0.39, 0.29) is 11.8 Å². The molecule has 5 heteroatoms. The maximum absolute atomic E-state index is 10.7. The minimum Gasteiger partial charge on any atom is -0.504 e. The Morgan fingerprint density at radius 3 is 2.59 bits per heavy atom. The summed E-state index contributed by atoms with van der Waals surface area (Å²) in [6, 6.07) is 4.16. The summed E-state index contributed by atoms with van der Waals surface area (Å²) in [5.41, 5.74) is 0.854. The number of benzene rings is 1. The van der Waals surface area contributed by atoms with Crippen molar-refractivity contribution in [1.82, 2.24) is 5.32 Å². The van der Waals surface area contributed by atoms with Crippen LogP contribution in [0.15, 0.2) is 18.2 Å². The van der Waals surface area contributed by atoms with Crippen LogP contribution in [-0.2, 0) is 4.79 Å². The first-order valence-electron chi connectivity index (χ1n) is 5.31. The van der Waals surface area contributed by atoms with Crippen molar-refractivity contribution in [3.63, 3.8) is 0 Å². The lowest BCUT2D eigenvalue weighted by atomic mass is 10.1. The van der Waals surface area contributed by atoms with Crippen LogP contribution < -0.4 is 10.1 Å². The zero-order chi connectivity index (χ0) is 13.0. The van der Waals surface area contributed by atoms with Gasteiger partial charge in [0.25, 0.3) is 0 Å². The van der Waals surface area contributed by atoms with Crippen molar-refractivity contribution in [2.24, 2.45) is 0 Å². The third-order valence-electron chi connectivity index (χ3n) is 2.57. The van der Waals surface area contributed by atoms with Crippen molar-refractivity contribution in [3.8, 4) is 11.5 Å². The monoisotopic (exact) mass is 239 g/mol. The van der Waals surface area contributed by atoms with Gasteiger partial charge in [0, 0.05) is 6.04 Å². The van der Waals surface area contributed by atoms with Crippen molar-refractivity contribution < 1.29 is 19.7 Å². The molecule has 2 atom stereocenters. The summed E-state index contributed by atoms with van der Waals surface area (Å²) >= 11 is 0. The number of ether oxygens (including phenoxy) is 1. The highest BCUT2D eigenvalue weighted by atomic mass is 16.5. The highest BCUT2D eigenvalue weighted by molar-refractivity contribution is 5.72. The van der Waals surface area contributed by atoms with Crippen molar-refractivity contribution in [1.29, 1.82) is 0 Å². The summed E-state index contributed by atoms with van der Waals surface area (Å²) in [6.45, 7) is 3.43. The number of carbonyl (C=O) groups is 1. The smallest absolute Gasteiger partial charge is 0.320 e. The predicted octanol–water partition coefficient (Wildman–Crippen LogP) is 1.52. The van der Waals surface area contributed by atoms with E-state index in [1.54, 1.807) is 19.1 Å². The maximum Gasteiger partial charge on any atom is 0.320 e. The van der Waals surface area contributed by atoms with Crippen molar-refractivity contribution in [3.05, 3.63) is 23.8 Å². The maximum atomic E-state index is 10.7. The van der Waals surface area contributed by atoms with E-state index in [4.69, 9.17) is 9.84 Å². The molecule has 0 saturated heterocycles. The number of carboxylic acid groups (broad SMARTS) is 1. The Balaban J connectivity index is 2.82. The normalized spacial score (nSPS) is 14.1. The van der Waals surface area contributed by atoms with Gasteiger partial charge < -0.3 is 14.9 Å². The van der Waals surface area contributed by atoms with Gasteiger partial charge in [0.15, 0.2) is 11.5 Å². The number of carboxylic acids is 1. The molecule has 3 N–H and O–H groups in total. The van der Waals surface area contributed by atoms with E-state index in [2.05, 4.69) is 5.32 Å². The minimum atomic E-state index is -0.900. The van der Waals surface area contributed by atoms with E-state index < -0.39 is 12.0 Å². The van der Waals surface area contributed by atoms with Crippen molar-refractivity contribution in [2.75, 3.05) is 7.11 Å². The summed E-state index contributed by atoms with van der Waals surface area (Å²) in [6.07, 6.45) is 0. The molecule has 0 fully saturated rings. The molecule has 0 amide bonds. The molecule has 0 aliphatic heterocycles. The summed E-state index contributed by atoms with van der Waals surface area (Å²) in [5.74, 6) is -0.462. The van der Waals surface area contributed by atoms with Gasteiger partial charge in [-0.05, 0) is 31.5 Å². The van der Waals surface area contributed by atoms with E-state index in [0.717, 1.165) is 5.56 Å². The summed E-state index contributed by atoms with van der Waals surface area (Å²) in [4.78, 5) is 10.7. The molecule has 17 heavy (non-hydrogen) atoms. The number of hydrogen-bond donors (Lipinski definition) is 3. The molecule has 5 nitrogen and oxygen atoms in total. The van der Waals surface area contributed by atoms with E-state index in [9.17, 15) is 9.90 Å². The lowest BCUT2D eigenvalue weighted by Crippen LogP contribution is -2.35. The number of nitrogens with one attached hydrogen (secondary N) is 1. The van der Waals surface area contributed by atoms with Crippen LogP contribution in [0.2, 0.25) is 0 Å². The Morgan fingerprint density at radius 1 is 1.41 bits per heavy atom. The van der Waals surface area contributed by atoms with Crippen molar-refractivity contribution >= 4 is 5.97 Å². The van der Waals surface area contributed by atoms with E-state index in [1.807, 2.05) is 6.92 Å². The highest BCUT2D eigenvalue weighted by Crippen LogP contribution is 2.28. The Hall–Kier alpha value is -1.75. The molecule has 1 aromatic rings. The molecule has 0 aromatic heterocycles. The zero-order valence-corrected chi connectivity index (χ0v) is 10.1. The number of phenolic OH excluding ortho intramolecular Hbond substituents is 1. The largest absolute Gasteiger partial charge is 0.504 e. The molecule has 1 rings (SSSR count). The fraction of sp³-hybridized carbons (Fsp3) is 0.417. The molecular formula is C12H17NO4. The van der Waals surface area contributed by atoms with E-state index in [0.29, 0.717) is 5.75 Å². The molecule has 0 aliphatic carbocycles. The van der Waals surface area contributed by atoms with Gasteiger partial charge in [-0.3, -0.25) is 10.1 Å². The number of aromatic hydroxyl groups is 1. The summed E-state index contributed by atoms with van der Waals surface area (Å²) in [7, 11) is 1.47. The topological polar surface area (TPSA) is 78.8 Å². The molecule has 1 aromatic carbocycles. The standard InChI is InChI=1S/C12H17NO4/c1-7(13-8(2)12(15)16)9-4-5-10(14)11(6-9)17-3/h4-8,13-14H,1-3H3,(H,15,16)/t7?,8-/m0/s1. The van der Waals surface area contributed by atoms with Gasteiger partial charge in [0.2, 0.25) is 0 Å². The van der Waals surface area contributed by atoms with Crippen LogP contribution in [0.5, 0.6) is 11.5 Å². The predicted molar refractivity (Wildman–Crippen MR) is 63.3 cm³/mol. The first kappa shape index (κ1) is 13.3. The van der Waals surface area contributed by atoms with Crippen LogP contribution in [0.3, 0.4) is 0 Å². The first-order valence-corrected chi connectivity index (χ1v) is 5.31. The van der Waals surface area contributed by atoms with Gasteiger partial charge in [0.05, 0.1) is 7.11 Å². The van der Waals surface area contributed by atoms with Gasteiger partial charge in [-0.25, -0.2) is 0 Å². The number of methoxy groups -OCH3 is 1. The van der Waals surface area contributed by atoms with Crippen LogP contribution in [0.4, 0.5) is 0 Å². The Kier molecular flexibility index (Phi) is 4.34. The zero-order valence-electron chi connectivity index (χ0n) is 10.1. The van der Waals surface area contributed by atoms with Crippen LogP contribution >= 0.6 is 0 Å². The van der Waals surface area contributed by atoms with Gasteiger partial charge in [0.1, 0.15) is 6.04 Å². The number of rotatable bonds is 5. The second kappa shape index (κ2) is 5.54. The SMILES string of the molecule is COc1cc(C(C)N[C@@H](C)C(=O)O)ccc1O. The van der Waals surface area contributed by atoms with Gasteiger partial charge in [-0.15, -0.1) is 0 Å².